The molecule has 0 atom stereocenters. The largest absolute Gasteiger partial charge is 0.462 e. The first kappa shape index (κ1) is 17.2. The monoisotopic (exact) mass is 254 g/mol. The Bertz CT molecular complexity index is 246. The molecule has 0 unspecified atom stereocenters. The SMILES string of the molecule is CCCCC(C(=O)OCCC)=C(CCC)CCC. The van der Waals surface area contributed by atoms with Crippen LogP contribution in [0.3, 0.4) is 0 Å². The molecule has 0 radical (unpaired) electrons. The summed E-state index contributed by atoms with van der Waals surface area (Å²) < 4.78 is 5.33. The van der Waals surface area contributed by atoms with Gasteiger partial charge in [0.1, 0.15) is 0 Å². The Hall–Kier alpha value is -0.790. The van der Waals surface area contributed by atoms with E-state index in [1.807, 2.05) is 6.92 Å². The fourth-order valence-corrected chi connectivity index (χ4v) is 2.09. The molecule has 0 rings (SSSR count). The Kier molecular flexibility index (Phi) is 10.8. The van der Waals surface area contributed by atoms with Gasteiger partial charge in [0.05, 0.1) is 6.61 Å². The van der Waals surface area contributed by atoms with E-state index >= 15 is 0 Å². The van der Waals surface area contributed by atoms with Gasteiger partial charge < -0.3 is 4.74 Å². The number of rotatable bonds is 10. The van der Waals surface area contributed by atoms with Crippen LogP contribution in [0.25, 0.3) is 0 Å². The van der Waals surface area contributed by atoms with E-state index in [-0.39, 0.29) is 5.97 Å². The highest BCUT2D eigenvalue weighted by Crippen LogP contribution is 2.22. The van der Waals surface area contributed by atoms with Crippen LogP contribution in [-0.4, -0.2) is 12.6 Å². The molecule has 0 saturated heterocycles. The molecule has 2 heteroatoms. The molecular formula is C16H30O2. The van der Waals surface area contributed by atoms with Crippen molar-refractivity contribution in [3.63, 3.8) is 0 Å². The third-order valence-corrected chi connectivity index (χ3v) is 2.99. The molecule has 0 aliphatic carbocycles. The van der Waals surface area contributed by atoms with Gasteiger partial charge in [-0.15, -0.1) is 0 Å². The van der Waals surface area contributed by atoms with E-state index in [2.05, 4.69) is 20.8 Å². The third-order valence-electron chi connectivity index (χ3n) is 2.99. The molecule has 0 spiro atoms. The molecule has 0 aliphatic heterocycles. The summed E-state index contributed by atoms with van der Waals surface area (Å²) in [7, 11) is 0. The van der Waals surface area contributed by atoms with Crippen molar-refractivity contribution in [3.8, 4) is 0 Å². The van der Waals surface area contributed by atoms with Crippen LogP contribution in [-0.2, 0) is 9.53 Å². The minimum Gasteiger partial charge on any atom is -0.462 e. The third kappa shape index (κ3) is 6.83. The maximum absolute atomic E-state index is 12.1. The van der Waals surface area contributed by atoms with Gasteiger partial charge >= 0.3 is 5.97 Å². The van der Waals surface area contributed by atoms with Crippen LogP contribution in [0.15, 0.2) is 11.1 Å². The molecule has 0 fully saturated rings. The maximum Gasteiger partial charge on any atom is 0.333 e. The number of carbonyl (C=O) groups excluding carboxylic acids is 1. The first-order chi connectivity index (χ1) is 8.71. The van der Waals surface area contributed by atoms with Crippen LogP contribution in [0.2, 0.25) is 0 Å². The summed E-state index contributed by atoms with van der Waals surface area (Å²) >= 11 is 0. The number of allylic oxidation sites excluding steroid dienone is 1. The van der Waals surface area contributed by atoms with Crippen molar-refractivity contribution in [1.82, 2.24) is 0 Å². The van der Waals surface area contributed by atoms with Crippen LogP contribution in [0.5, 0.6) is 0 Å². The zero-order valence-corrected chi connectivity index (χ0v) is 12.7. The van der Waals surface area contributed by atoms with Gasteiger partial charge in [-0.1, -0.05) is 52.5 Å². The molecule has 0 heterocycles. The summed E-state index contributed by atoms with van der Waals surface area (Å²) in [6, 6.07) is 0. The van der Waals surface area contributed by atoms with Crippen LogP contribution >= 0.6 is 0 Å². The van der Waals surface area contributed by atoms with Crippen molar-refractivity contribution in [1.29, 1.82) is 0 Å². The lowest BCUT2D eigenvalue weighted by Crippen LogP contribution is -2.11. The molecule has 0 bridgehead atoms. The van der Waals surface area contributed by atoms with Gasteiger partial charge in [0.25, 0.3) is 0 Å². The molecule has 2 nitrogen and oxygen atoms in total. The molecular weight excluding hydrogens is 224 g/mol. The van der Waals surface area contributed by atoms with E-state index in [0.29, 0.717) is 6.61 Å². The summed E-state index contributed by atoms with van der Waals surface area (Å²) in [6.45, 7) is 9.07. The lowest BCUT2D eigenvalue weighted by Gasteiger charge is -2.14. The Morgan fingerprint density at radius 3 is 1.89 bits per heavy atom. The molecule has 0 aromatic heterocycles. The second kappa shape index (κ2) is 11.3. The predicted molar refractivity (Wildman–Crippen MR) is 77.6 cm³/mol. The number of ether oxygens (including phenoxy) is 1. The molecule has 106 valence electrons. The molecule has 18 heavy (non-hydrogen) atoms. The first-order valence-corrected chi connectivity index (χ1v) is 7.59. The second-order valence-corrected chi connectivity index (χ2v) is 4.82. The van der Waals surface area contributed by atoms with E-state index in [1.165, 1.54) is 5.57 Å². The second-order valence-electron chi connectivity index (χ2n) is 4.82. The Labute approximate surface area is 113 Å². The minimum absolute atomic E-state index is 0.0674. The zero-order chi connectivity index (χ0) is 13.8. The van der Waals surface area contributed by atoms with Crippen molar-refractivity contribution in [3.05, 3.63) is 11.1 Å². The van der Waals surface area contributed by atoms with E-state index in [9.17, 15) is 4.79 Å². The summed E-state index contributed by atoms with van der Waals surface area (Å²) in [5, 5.41) is 0. The summed E-state index contributed by atoms with van der Waals surface area (Å²) in [6.07, 6.45) is 8.25. The molecule has 0 saturated carbocycles. The van der Waals surface area contributed by atoms with Crippen molar-refractivity contribution >= 4 is 5.97 Å². The van der Waals surface area contributed by atoms with E-state index in [1.54, 1.807) is 0 Å². The van der Waals surface area contributed by atoms with Crippen LogP contribution in [0, 0.1) is 0 Å². The normalized spacial score (nSPS) is 10.2. The molecule has 0 aromatic carbocycles. The van der Waals surface area contributed by atoms with Gasteiger partial charge in [0.15, 0.2) is 0 Å². The van der Waals surface area contributed by atoms with Crippen molar-refractivity contribution in [2.75, 3.05) is 6.61 Å². The van der Waals surface area contributed by atoms with E-state index < -0.39 is 0 Å². The van der Waals surface area contributed by atoms with Crippen LogP contribution < -0.4 is 0 Å². The maximum atomic E-state index is 12.1. The minimum atomic E-state index is -0.0674. The number of esters is 1. The smallest absolute Gasteiger partial charge is 0.333 e. The van der Waals surface area contributed by atoms with Crippen LogP contribution in [0.4, 0.5) is 0 Å². The van der Waals surface area contributed by atoms with E-state index in [0.717, 1.165) is 56.9 Å². The highest BCUT2D eigenvalue weighted by atomic mass is 16.5. The van der Waals surface area contributed by atoms with Gasteiger partial charge in [-0.25, -0.2) is 4.79 Å². The zero-order valence-electron chi connectivity index (χ0n) is 12.7. The van der Waals surface area contributed by atoms with E-state index in [4.69, 9.17) is 4.74 Å². The summed E-state index contributed by atoms with van der Waals surface area (Å²) in [5.41, 5.74) is 2.29. The Morgan fingerprint density at radius 2 is 1.44 bits per heavy atom. The highest BCUT2D eigenvalue weighted by molar-refractivity contribution is 5.89. The standard InChI is InChI=1S/C16H30O2/c1-5-9-12-15(16(17)18-13-8-4)14(10-6-2)11-7-3/h5-13H2,1-4H3. The van der Waals surface area contributed by atoms with Crippen molar-refractivity contribution < 1.29 is 9.53 Å². The Balaban J connectivity index is 4.86. The van der Waals surface area contributed by atoms with Crippen molar-refractivity contribution in [2.24, 2.45) is 0 Å². The van der Waals surface area contributed by atoms with Gasteiger partial charge in [-0.2, -0.15) is 0 Å². The predicted octanol–water partition coefficient (Wildman–Crippen LogP) is 5.03. The highest BCUT2D eigenvalue weighted by Gasteiger charge is 2.15. The molecule has 0 aliphatic rings. The molecule has 0 N–H and O–H groups in total. The number of hydrogen-bond donors (Lipinski definition) is 0. The lowest BCUT2D eigenvalue weighted by molar-refractivity contribution is -0.139. The number of unbranched alkanes of at least 4 members (excludes halogenated alkanes) is 1. The van der Waals surface area contributed by atoms with Crippen LogP contribution in [0.1, 0.15) is 79.1 Å². The fourth-order valence-electron chi connectivity index (χ4n) is 2.09. The Morgan fingerprint density at radius 1 is 0.833 bits per heavy atom. The quantitative estimate of drug-likeness (QED) is 0.404. The number of hydrogen-bond acceptors (Lipinski definition) is 2. The fraction of sp³-hybridized carbons (Fsp3) is 0.812. The average molecular weight is 254 g/mol. The first-order valence-electron chi connectivity index (χ1n) is 7.59. The van der Waals surface area contributed by atoms with Gasteiger partial charge in [-0.05, 0) is 32.1 Å². The van der Waals surface area contributed by atoms with Gasteiger partial charge in [-0.3, -0.25) is 0 Å². The van der Waals surface area contributed by atoms with Gasteiger partial charge in [0, 0.05) is 5.57 Å². The number of carbonyl (C=O) groups is 1. The molecule has 0 amide bonds. The summed E-state index contributed by atoms with van der Waals surface area (Å²) in [5.74, 6) is -0.0674. The topological polar surface area (TPSA) is 26.3 Å². The average Bonchev–Trinajstić information content (AvgIpc) is 2.37. The lowest BCUT2D eigenvalue weighted by atomic mass is 9.95. The molecule has 0 aromatic rings. The van der Waals surface area contributed by atoms with Crippen molar-refractivity contribution in [2.45, 2.75) is 79.1 Å². The summed E-state index contributed by atoms with van der Waals surface area (Å²) in [4.78, 5) is 12.1. The van der Waals surface area contributed by atoms with Gasteiger partial charge in [0.2, 0.25) is 0 Å².